The highest BCUT2D eigenvalue weighted by Crippen LogP contribution is 2.37. The molecule has 0 bridgehead atoms. The first-order valence-corrected chi connectivity index (χ1v) is 11.9. The molecule has 29 heavy (non-hydrogen) atoms. The minimum Gasteiger partial charge on any atom is -0.312 e. The van der Waals surface area contributed by atoms with Gasteiger partial charge in [-0.05, 0) is 73.4 Å². The van der Waals surface area contributed by atoms with E-state index in [1.165, 1.54) is 0 Å². The molecule has 2 aromatic rings. The van der Waals surface area contributed by atoms with E-state index in [4.69, 9.17) is 0 Å². The van der Waals surface area contributed by atoms with Crippen LogP contribution in [0.2, 0.25) is 0 Å². The van der Waals surface area contributed by atoms with Crippen molar-refractivity contribution in [2.45, 2.75) is 50.8 Å². The second kappa shape index (κ2) is 7.82. The van der Waals surface area contributed by atoms with E-state index in [1.54, 1.807) is 24.3 Å². The molecule has 1 aliphatic carbocycles. The van der Waals surface area contributed by atoms with E-state index in [0.717, 1.165) is 48.9 Å². The second-order valence-corrected chi connectivity index (χ2v) is 10.2. The number of hydrogen-bond donors (Lipinski definition) is 1. The number of hydrogen-bond acceptors (Lipinski definition) is 3. The number of fused-ring (bicyclic) bond motifs is 1. The second-order valence-electron chi connectivity index (χ2n) is 8.56. The average molecular weight is 413 g/mol. The van der Waals surface area contributed by atoms with E-state index in [1.807, 2.05) is 23.1 Å². The van der Waals surface area contributed by atoms with Crippen LogP contribution in [-0.4, -0.2) is 20.9 Å². The molecular weight excluding hydrogens is 384 g/mol. The molecule has 1 fully saturated rings. The lowest BCUT2D eigenvalue weighted by Gasteiger charge is -2.30. The highest BCUT2D eigenvalue weighted by atomic mass is 32.2. The van der Waals surface area contributed by atoms with Gasteiger partial charge in [-0.15, -0.1) is 0 Å². The zero-order chi connectivity index (χ0) is 20.6. The molecule has 2 aromatic carbocycles. The topological polar surface area (TPSA) is 66.5 Å². The molecule has 5 nitrogen and oxygen atoms in total. The van der Waals surface area contributed by atoms with Gasteiger partial charge in [0.15, 0.2) is 0 Å². The van der Waals surface area contributed by atoms with Crippen molar-refractivity contribution in [3.8, 4) is 0 Å². The first kappa shape index (κ1) is 20.0. The normalized spacial score (nSPS) is 16.6. The van der Waals surface area contributed by atoms with Crippen molar-refractivity contribution in [1.82, 2.24) is 0 Å². The molecule has 0 aromatic heterocycles. The third kappa shape index (κ3) is 4.47. The van der Waals surface area contributed by atoms with Gasteiger partial charge in [-0.2, -0.15) is 0 Å². The predicted molar refractivity (Wildman–Crippen MR) is 116 cm³/mol. The van der Waals surface area contributed by atoms with Crippen LogP contribution in [0.3, 0.4) is 0 Å². The molecule has 0 atom stereocenters. The molecule has 1 heterocycles. The van der Waals surface area contributed by atoms with Gasteiger partial charge in [0.25, 0.3) is 10.0 Å². The van der Waals surface area contributed by atoms with Gasteiger partial charge in [0.2, 0.25) is 5.91 Å². The molecule has 4 rings (SSSR count). The van der Waals surface area contributed by atoms with Crippen molar-refractivity contribution in [3.05, 3.63) is 53.6 Å². The molecule has 1 saturated carbocycles. The number of sulfonamides is 1. The molecular formula is C23H28N2O3S. The summed E-state index contributed by atoms with van der Waals surface area (Å²) in [6.07, 6.45) is 4.70. The first-order chi connectivity index (χ1) is 13.8. The van der Waals surface area contributed by atoms with E-state index in [0.29, 0.717) is 18.2 Å². The number of aryl methyl sites for hydroxylation is 1. The quantitative estimate of drug-likeness (QED) is 0.766. The molecule has 0 unspecified atom stereocenters. The van der Waals surface area contributed by atoms with E-state index in [-0.39, 0.29) is 16.7 Å². The Hall–Kier alpha value is -2.34. The molecule has 0 saturated heterocycles. The Balaban J connectivity index is 1.56. The van der Waals surface area contributed by atoms with E-state index < -0.39 is 10.0 Å². The molecule has 1 N–H and O–H groups in total. The van der Waals surface area contributed by atoms with Crippen molar-refractivity contribution < 1.29 is 13.2 Å². The fourth-order valence-corrected chi connectivity index (χ4v) is 4.96. The molecule has 154 valence electrons. The SMILES string of the molecule is CC(C)Cc1ccc(S(=O)(=O)Nc2ccc3c(c2)N(C(=O)C2CC2)CCC3)cc1. The van der Waals surface area contributed by atoms with Crippen LogP contribution in [0.1, 0.15) is 44.2 Å². The molecule has 0 radical (unpaired) electrons. The number of rotatable bonds is 6. The largest absolute Gasteiger partial charge is 0.312 e. The number of nitrogens with zero attached hydrogens (tertiary/aromatic N) is 1. The maximum Gasteiger partial charge on any atom is 0.261 e. The number of carbonyl (C=O) groups is 1. The number of nitrogens with one attached hydrogen (secondary N) is 1. The maximum atomic E-state index is 12.8. The molecule has 2 aliphatic rings. The lowest BCUT2D eigenvalue weighted by Crippen LogP contribution is -2.36. The fraction of sp³-hybridized carbons (Fsp3) is 0.435. The van der Waals surface area contributed by atoms with Crippen molar-refractivity contribution in [2.24, 2.45) is 11.8 Å². The summed E-state index contributed by atoms with van der Waals surface area (Å²) in [6.45, 7) is 4.98. The van der Waals surface area contributed by atoms with Crippen LogP contribution in [0, 0.1) is 11.8 Å². The zero-order valence-corrected chi connectivity index (χ0v) is 17.8. The van der Waals surface area contributed by atoms with Gasteiger partial charge in [-0.3, -0.25) is 9.52 Å². The van der Waals surface area contributed by atoms with Crippen molar-refractivity contribution >= 4 is 27.3 Å². The number of carbonyl (C=O) groups excluding carboxylic acids is 1. The highest BCUT2D eigenvalue weighted by Gasteiger charge is 2.35. The summed E-state index contributed by atoms with van der Waals surface area (Å²) in [7, 11) is -3.68. The van der Waals surface area contributed by atoms with Gasteiger partial charge in [0, 0.05) is 18.2 Å². The van der Waals surface area contributed by atoms with Crippen LogP contribution >= 0.6 is 0 Å². The summed E-state index contributed by atoms with van der Waals surface area (Å²) in [5.74, 6) is 0.838. The minimum atomic E-state index is -3.68. The van der Waals surface area contributed by atoms with Crippen LogP contribution in [0.15, 0.2) is 47.4 Å². The van der Waals surface area contributed by atoms with Crippen LogP contribution < -0.4 is 9.62 Å². The molecule has 6 heteroatoms. The summed E-state index contributed by atoms with van der Waals surface area (Å²) in [5, 5.41) is 0. The van der Waals surface area contributed by atoms with Gasteiger partial charge in [0.05, 0.1) is 10.6 Å². The third-order valence-electron chi connectivity index (χ3n) is 5.53. The number of benzene rings is 2. The molecule has 1 amide bonds. The van der Waals surface area contributed by atoms with Crippen LogP contribution in [-0.2, 0) is 27.7 Å². The lowest BCUT2D eigenvalue weighted by molar-refractivity contribution is -0.119. The summed E-state index contributed by atoms with van der Waals surface area (Å²) in [4.78, 5) is 14.7. The maximum absolute atomic E-state index is 12.8. The Morgan fingerprint density at radius 2 is 1.86 bits per heavy atom. The van der Waals surface area contributed by atoms with Crippen LogP contribution in [0.25, 0.3) is 0 Å². The predicted octanol–water partition coefficient (Wildman–Crippen LogP) is 4.38. The van der Waals surface area contributed by atoms with Crippen LogP contribution in [0.4, 0.5) is 11.4 Å². The molecule has 0 spiro atoms. The average Bonchev–Trinajstić information content (AvgIpc) is 3.52. The lowest BCUT2D eigenvalue weighted by atomic mass is 10.0. The van der Waals surface area contributed by atoms with E-state index in [9.17, 15) is 13.2 Å². The minimum absolute atomic E-state index is 0.144. The van der Waals surface area contributed by atoms with Gasteiger partial charge in [-0.25, -0.2) is 8.42 Å². The standard InChI is InChI=1S/C23H28N2O3S/c1-16(2)14-17-5-11-21(12-6-17)29(27,28)24-20-10-9-18-4-3-13-25(22(18)15-20)23(26)19-7-8-19/h5-6,9-12,15-16,19,24H,3-4,7-8,13-14H2,1-2H3. The number of amides is 1. The monoisotopic (exact) mass is 412 g/mol. The number of anilines is 2. The van der Waals surface area contributed by atoms with Gasteiger partial charge in [-0.1, -0.05) is 32.0 Å². The fourth-order valence-electron chi connectivity index (χ4n) is 3.91. The summed E-state index contributed by atoms with van der Waals surface area (Å²) < 4.78 is 28.4. The Kier molecular flexibility index (Phi) is 5.38. The summed E-state index contributed by atoms with van der Waals surface area (Å²) >= 11 is 0. The Labute approximate surface area is 173 Å². The van der Waals surface area contributed by atoms with Crippen molar-refractivity contribution in [3.63, 3.8) is 0 Å². The van der Waals surface area contributed by atoms with Gasteiger partial charge < -0.3 is 4.90 Å². The third-order valence-corrected chi connectivity index (χ3v) is 6.92. The Morgan fingerprint density at radius 1 is 1.14 bits per heavy atom. The van der Waals surface area contributed by atoms with Crippen molar-refractivity contribution in [1.29, 1.82) is 0 Å². The summed E-state index contributed by atoms with van der Waals surface area (Å²) in [5.41, 5.74) is 3.57. The Bertz CT molecular complexity index is 1010. The van der Waals surface area contributed by atoms with Crippen molar-refractivity contribution in [2.75, 3.05) is 16.2 Å². The van der Waals surface area contributed by atoms with Gasteiger partial charge >= 0.3 is 0 Å². The smallest absolute Gasteiger partial charge is 0.261 e. The van der Waals surface area contributed by atoms with Gasteiger partial charge in [0.1, 0.15) is 0 Å². The highest BCUT2D eigenvalue weighted by molar-refractivity contribution is 7.92. The first-order valence-electron chi connectivity index (χ1n) is 10.4. The Morgan fingerprint density at radius 3 is 2.52 bits per heavy atom. The molecule has 1 aliphatic heterocycles. The van der Waals surface area contributed by atoms with E-state index in [2.05, 4.69) is 18.6 Å². The zero-order valence-electron chi connectivity index (χ0n) is 17.0. The van der Waals surface area contributed by atoms with Crippen LogP contribution in [0.5, 0.6) is 0 Å². The summed E-state index contributed by atoms with van der Waals surface area (Å²) in [6, 6.07) is 12.6. The van der Waals surface area contributed by atoms with E-state index >= 15 is 0 Å².